The van der Waals surface area contributed by atoms with E-state index in [0.717, 1.165) is 6.08 Å². The number of carbonyl (C=O) groups excluding carboxylic acids is 2. The Kier molecular flexibility index (Phi) is 8.22. The summed E-state index contributed by atoms with van der Waals surface area (Å²) in [4.78, 5) is 23.8. The van der Waals surface area contributed by atoms with Crippen LogP contribution in [0.15, 0.2) is 45.7 Å². The highest BCUT2D eigenvalue weighted by atomic mass is 35.5. The van der Waals surface area contributed by atoms with Gasteiger partial charge in [-0.15, -0.1) is 0 Å². The van der Waals surface area contributed by atoms with Crippen LogP contribution in [-0.4, -0.2) is 44.3 Å². The highest BCUT2D eigenvalue weighted by Gasteiger charge is 2.23. The number of aryl methyl sites for hydroxylation is 1. The monoisotopic (exact) mass is 454 g/mol. The summed E-state index contributed by atoms with van der Waals surface area (Å²) in [6.07, 6.45) is 2.56. The van der Waals surface area contributed by atoms with Gasteiger partial charge in [0.05, 0.1) is 15.6 Å². The second-order valence-electron chi connectivity index (χ2n) is 6.17. The van der Waals surface area contributed by atoms with Gasteiger partial charge in [-0.05, 0) is 43.3 Å². The molecular formula is C20H23ClN2O6S. The Hall–Kier alpha value is -2.62. The number of amides is 1. The number of rotatable bonds is 9. The number of esters is 1. The van der Waals surface area contributed by atoms with Crippen LogP contribution >= 0.6 is 11.6 Å². The lowest BCUT2D eigenvalue weighted by Crippen LogP contribution is -2.30. The van der Waals surface area contributed by atoms with Gasteiger partial charge in [-0.3, -0.25) is 4.79 Å². The molecule has 0 spiro atoms. The largest absolute Gasteiger partial charge is 0.462 e. The minimum atomic E-state index is -3.71. The number of carbonyl (C=O) groups is 2. The molecule has 0 radical (unpaired) electrons. The van der Waals surface area contributed by atoms with E-state index in [4.69, 9.17) is 20.8 Å². The average molecular weight is 455 g/mol. The summed E-state index contributed by atoms with van der Waals surface area (Å²) in [6, 6.07) is 7.46. The molecule has 0 aliphatic rings. The summed E-state index contributed by atoms with van der Waals surface area (Å²) >= 11 is 6.07. The fourth-order valence-electron chi connectivity index (χ4n) is 2.54. The Morgan fingerprint density at radius 1 is 1.20 bits per heavy atom. The third kappa shape index (κ3) is 6.19. The Morgan fingerprint density at radius 2 is 1.90 bits per heavy atom. The van der Waals surface area contributed by atoms with Crippen LogP contribution in [0.2, 0.25) is 5.02 Å². The molecule has 162 valence electrons. The van der Waals surface area contributed by atoms with Crippen molar-refractivity contribution < 1.29 is 27.2 Å². The second-order valence-corrected chi connectivity index (χ2v) is 8.51. The van der Waals surface area contributed by atoms with Crippen molar-refractivity contribution in [3.63, 3.8) is 0 Å². The first-order valence-corrected chi connectivity index (χ1v) is 11.0. The van der Waals surface area contributed by atoms with Crippen LogP contribution in [0.1, 0.15) is 25.4 Å². The van der Waals surface area contributed by atoms with Crippen molar-refractivity contribution in [3.8, 4) is 0 Å². The van der Waals surface area contributed by atoms with E-state index in [2.05, 4.69) is 5.32 Å². The van der Waals surface area contributed by atoms with Crippen LogP contribution in [-0.2, 0) is 24.3 Å². The first-order chi connectivity index (χ1) is 14.2. The Morgan fingerprint density at radius 3 is 2.50 bits per heavy atom. The number of hydrogen-bond donors (Lipinski definition) is 1. The molecule has 8 nitrogen and oxygen atoms in total. The molecule has 1 aromatic heterocycles. The molecule has 1 aromatic carbocycles. The van der Waals surface area contributed by atoms with Crippen LogP contribution in [0.3, 0.4) is 0 Å². The van der Waals surface area contributed by atoms with Gasteiger partial charge >= 0.3 is 5.97 Å². The van der Waals surface area contributed by atoms with Crippen molar-refractivity contribution >= 4 is 45.3 Å². The van der Waals surface area contributed by atoms with E-state index < -0.39 is 28.5 Å². The fraction of sp³-hybridized carbons (Fsp3) is 0.300. The fourth-order valence-corrected chi connectivity index (χ4v) is 4.19. The topological polar surface area (TPSA) is 106 Å². The number of hydrogen-bond acceptors (Lipinski definition) is 6. The van der Waals surface area contributed by atoms with Gasteiger partial charge in [-0.1, -0.05) is 25.4 Å². The van der Waals surface area contributed by atoms with E-state index in [0.29, 0.717) is 24.6 Å². The zero-order valence-corrected chi connectivity index (χ0v) is 18.4. The van der Waals surface area contributed by atoms with Crippen molar-refractivity contribution in [3.05, 3.63) is 53.0 Å². The van der Waals surface area contributed by atoms with Gasteiger partial charge in [0.2, 0.25) is 10.0 Å². The standard InChI is InChI=1S/C20H23ClN2O6S/c1-4-23(5-2)30(26,27)16-9-10-17(21)18(12-16)22-19(24)13-28-20(25)11-8-15-7-6-14(3)29-15/h6-12H,4-5,13H2,1-3H3,(H,22,24). The highest BCUT2D eigenvalue weighted by molar-refractivity contribution is 7.89. The van der Waals surface area contributed by atoms with Gasteiger partial charge in [-0.25, -0.2) is 13.2 Å². The summed E-state index contributed by atoms with van der Waals surface area (Å²) in [7, 11) is -3.71. The molecule has 0 unspecified atom stereocenters. The van der Waals surface area contributed by atoms with Crippen molar-refractivity contribution in [1.29, 1.82) is 0 Å². The summed E-state index contributed by atoms with van der Waals surface area (Å²) < 4.78 is 36.7. The van der Waals surface area contributed by atoms with Gasteiger partial charge in [0.25, 0.3) is 5.91 Å². The van der Waals surface area contributed by atoms with Crippen LogP contribution in [0.4, 0.5) is 5.69 Å². The Bertz CT molecular complexity index is 1040. The number of furan rings is 1. The molecule has 0 saturated heterocycles. The first kappa shape index (κ1) is 23.7. The number of anilines is 1. The zero-order valence-electron chi connectivity index (χ0n) is 16.8. The van der Waals surface area contributed by atoms with Crippen LogP contribution in [0.5, 0.6) is 0 Å². The van der Waals surface area contributed by atoms with Crippen molar-refractivity contribution in [2.45, 2.75) is 25.7 Å². The maximum absolute atomic E-state index is 12.6. The summed E-state index contributed by atoms with van der Waals surface area (Å²) in [5, 5.41) is 2.61. The molecular weight excluding hydrogens is 432 g/mol. The lowest BCUT2D eigenvalue weighted by atomic mass is 10.3. The lowest BCUT2D eigenvalue weighted by Gasteiger charge is -2.19. The number of halogens is 1. The molecule has 10 heteroatoms. The first-order valence-electron chi connectivity index (χ1n) is 9.18. The molecule has 0 saturated carbocycles. The predicted octanol–water partition coefficient (Wildman–Crippen LogP) is 3.47. The van der Waals surface area contributed by atoms with Crippen LogP contribution in [0.25, 0.3) is 6.08 Å². The Labute approximate surface area is 180 Å². The molecule has 1 heterocycles. The number of nitrogens with one attached hydrogen (secondary N) is 1. The summed E-state index contributed by atoms with van der Waals surface area (Å²) in [6.45, 7) is 5.29. The smallest absolute Gasteiger partial charge is 0.331 e. The van der Waals surface area contributed by atoms with Gasteiger partial charge in [0.1, 0.15) is 11.5 Å². The number of sulfonamides is 1. The maximum Gasteiger partial charge on any atom is 0.331 e. The van der Waals surface area contributed by atoms with Crippen LogP contribution in [0, 0.1) is 6.92 Å². The van der Waals surface area contributed by atoms with Gasteiger partial charge < -0.3 is 14.5 Å². The quantitative estimate of drug-likeness (QED) is 0.459. The molecule has 0 fully saturated rings. The molecule has 1 N–H and O–H groups in total. The predicted molar refractivity (Wildman–Crippen MR) is 114 cm³/mol. The molecule has 30 heavy (non-hydrogen) atoms. The van der Waals surface area contributed by atoms with E-state index >= 15 is 0 Å². The minimum absolute atomic E-state index is 0.000399. The molecule has 0 aliphatic heterocycles. The normalized spacial score (nSPS) is 11.8. The Balaban J connectivity index is 2.01. The number of nitrogens with zero attached hydrogens (tertiary/aromatic N) is 1. The summed E-state index contributed by atoms with van der Waals surface area (Å²) in [5.41, 5.74) is 0.104. The number of ether oxygens (including phenoxy) is 1. The van der Waals surface area contributed by atoms with Crippen molar-refractivity contribution in [2.24, 2.45) is 0 Å². The summed E-state index contributed by atoms with van der Waals surface area (Å²) in [5.74, 6) is -0.218. The minimum Gasteiger partial charge on any atom is -0.462 e. The molecule has 2 aromatic rings. The SMILES string of the molecule is CCN(CC)S(=O)(=O)c1ccc(Cl)c(NC(=O)COC(=O)C=Cc2ccc(C)o2)c1. The van der Waals surface area contributed by atoms with Crippen molar-refractivity contribution in [2.75, 3.05) is 25.0 Å². The average Bonchev–Trinajstić information content (AvgIpc) is 3.12. The van der Waals surface area contributed by atoms with E-state index in [1.54, 1.807) is 32.9 Å². The number of benzene rings is 1. The molecule has 2 rings (SSSR count). The van der Waals surface area contributed by atoms with E-state index in [9.17, 15) is 18.0 Å². The second kappa shape index (κ2) is 10.4. The lowest BCUT2D eigenvalue weighted by molar-refractivity contribution is -0.142. The molecule has 0 bridgehead atoms. The van der Waals surface area contributed by atoms with Gasteiger partial charge in [-0.2, -0.15) is 4.31 Å². The molecule has 0 atom stereocenters. The third-order valence-corrected chi connectivity index (χ3v) is 6.42. The van der Waals surface area contributed by atoms with E-state index in [1.165, 1.54) is 28.6 Å². The van der Waals surface area contributed by atoms with Gasteiger partial charge in [0.15, 0.2) is 6.61 Å². The van der Waals surface area contributed by atoms with E-state index in [-0.39, 0.29) is 15.6 Å². The van der Waals surface area contributed by atoms with Crippen molar-refractivity contribution in [1.82, 2.24) is 4.31 Å². The van der Waals surface area contributed by atoms with Crippen LogP contribution < -0.4 is 5.32 Å². The maximum atomic E-state index is 12.6. The van der Waals surface area contributed by atoms with Gasteiger partial charge in [0, 0.05) is 19.2 Å². The molecule has 0 aliphatic carbocycles. The third-order valence-electron chi connectivity index (χ3n) is 4.05. The highest BCUT2D eigenvalue weighted by Crippen LogP contribution is 2.27. The van der Waals surface area contributed by atoms with E-state index in [1.807, 2.05) is 0 Å². The molecule has 1 amide bonds. The zero-order chi connectivity index (χ0) is 22.3.